The van der Waals surface area contributed by atoms with Crippen LogP contribution in [0.2, 0.25) is 0 Å². The molecular weight excluding hydrogens is 965 g/mol. The predicted molar refractivity (Wildman–Crippen MR) is 291 cm³/mol. The summed E-state index contributed by atoms with van der Waals surface area (Å²) in [6.45, 7) is 5.15. The maximum absolute atomic E-state index is 13.7. The number of hydrogen-bond acceptors (Lipinski definition) is 11. The minimum atomic E-state index is -1.18. The van der Waals surface area contributed by atoms with Crippen LogP contribution in [0.5, 0.6) is 0 Å². The van der Waals surface area contributed by atoms with Crippen LogP contribution in [0.4, 0.5) is 16.3 Å². The lowest BCUT2D eigenvalue weighted by atomic mass is 9.89. The van der Waals surface area contributed by atoms with Crippen molar-refractivity contribution in [3.63, 3.8) is 0 Å². The van der Waals surface area contributed by atoms with Crippen molar-refractivity contribution in [3.05, 3.63) is 108 Å². The zero-order valence-electron chi connectivity index (χ0n) is 44.2. The van der Waals surface area contributed by atoms with Gasteiger partial charge < -0.3 is 35.6 Å². The zero-order valence-corrected chi connectivity index (χ0v) is 44.2. The Morgan fingerprint density at radius 2 is 1.37 bits per heavy atom. The Kier molecular flexibility index (Phi) is 20.1. The van der Waals surface area contributed by atoms with E-state index in [4.69, 9.17) is 4.74 Å². The van der Waals surface area contributed by atoms with Gasteiger partial charge in [-0.25, -0.2) is 9.48 Å². The van der Waals surface area contributed by atoms with Crippen molar-refractivity contribution in [2.75, 3.05) is 76.7 Å². The predicted octanol–water partition coefficient (Wildman–Crippen LogP) is 6.72. The number of piperidine rings is 3. The number of imide groups is 1. The molecule has 0 aliphatic carbocycles. The largest absolute Gasteiger partial charge is 0.388 e. The molecule has 1 aromatic heterocycles. The van der Waals surface area contributed by atoms with Gasteiger partial charge in [-0.05, 0) is 86.3 Å². The molecule has 5 heterocycles. The van der Waals surface area contributed by atoms with Crippen LogP contribution < -0.4 is 26.6 Å². The zero-order chi connectivity index (χ0) is 53.3. The number of para-hydroxylation sites is 1. The third-order valence-corrected chi connectivity index (χ3v) is 15.7. The molecule has 0 bridgehead atoms. The van der Waals surface area contributed by atoms with E-state index in [2.05, 4.69) is 60.8 Å². The number of aliphatic hydroxyl groups is 1. The van der Waals surface area contributed by atoms with Gasteiger partial charge in [-0.3, -0.25) is 39.5 Å². The van der Waals surface area contributed by atoms with E-state index in [9.17, 15) is 33.9 Å². The van der Waals surface area contributed by atoms with Crippen LogP contribution >= 0.6 is 0 Å². The molecule has 0 radical (unpaired) electrons. The number of urea groups is 1. The van der Waals surface area contributed by atoms with Crippen molar-refractivity contribution in [1.82, 2.24) is 40.4 Å². The first-order chi connectivity index (χ1) is 36.9. The van der Waals surface area contributed by atoms with E-state index in [1.165, 1.54) is 16.3 Å². The van der Waals surface area contributed by atoms with Gasteiger partial charge in [0.25, 0.3) is 5.91 Å². The topological polar surface area (TPSA) is 220 Å². The van der Waals surface area contributed by atoms with Gasteiger partial charge in [0.1, 0.15) is 11.9 Å². The number of carbonyl (C=O) groups excluding carboxylic acids is 6. The number of ether oxygens (including phenoxy) is 1. The van der Waals surface area contributed by atoms with Gasteiger partial charge in [0.2, 0.25) is 23.6 Å². The fourth-order valence-electron chi connectivity index (χ4n) is 11.1. The lowest BCUT2D eigenvalue weighted by Gasteiger charge is -2.38. The van der Waals surface area contributed by atoms with Crippen LogP contribution in [-0.4, -0.2) is 149 Å². The summed E-state index contributed by atoms with van der Waals surface area (Å²) in [7, 11) is 1.68. The van der Waals surface area contributed by atoms with Gasteiger partial charge >= 0.3 is 6.03 Å². The van der Waals surface area contributed by atoms with Gasteiger partial charge in [-0.15, -0.1) is 0 Å². The van der Waals surface area contributed by atoms with E-state index in [1.54, 1.807) is 7.11 Å². The number of rotatable bonds is 24. The third-order valence-electron chi connectivity index (χ3n) is 15.7. The number of likely N-dealkylation sites (tertiary alicyclic amines) is 3. The number of nitrogens with one attached hydrogen (secondary N) is 5. The molecule has 76 heavy (non-hydrogen) atoms. The molecule has 4 fully saturated rings. The van der Waals surface area contributed by atoms with E-state index in [-0.39, 0.29) is 47.8 Å². The molecule has 0 spiro atoms. The van der Waals surface area contributed by atoms with Crippen LogP contribution in [0.3, 0.4) is 0 Å². The second kappa shape index (κ2) is 27.4. The number of amides is 7. The fourth-order valence-corrected chi connectivity index (χ4v) is 11.1. The number of methoxy groups -OCH3 is 1. The Balaban J connectivity index is 0.676. The van der Waals surface area contributed by atoms with Crippen molar-refractivity contribution in [3.8, 4) is 5.69 Å². The van der Waals surface area contributed by atoms with Crippen molar-refractivity contribution in [1.29, 1.82) is 0 Å². The highest BCUT2D eigenvalue weighted by Gasteiger charge is 2.37. The molecule has 408 valence electrons. The molecule has 6 N–H and O–H groups in total. The first-order valence-electron chi connectivity index (χ1n) is 27.7. The van der Waals surface area contributed by atoms with Crippen LogP contribution in [0.25, 0.3) is 5.69 Å². The summed E-state index contributed by atoms with van der Waals surface area (Å²) < 4.78 is 6.85. The molecule has 7 amide bonds. The Hall–Kier alpha value is -6.63. The molecule has 4 saturated heterocycles. The van der Waals surface area contributed by atoms with Gasteiger partial charge in [0.05, 0.1) is 23.9 Å². The summed E-state index contributed by atoms with van der Waals surface area (Å²) >= 11 is 0. The van der Waals surface area contributed by atoms with E-state index in [1.807, 2.05) is 70.5 Å². The number of benzene rings is 3. The molecule has 18 heteroatoms. The van der Waals surface area contributed by atoms with Crippen LogP contribution in [-0.2, 0) is 23.9 Å². The smallest absolute Gasteiger partial charge is 0.320 e. The number of aromatic nitrogens is 2. The number of unbranched alkanes of at least 4 members (excludes halogenated alkanes) is 7. The molecule has 4 aliphatic rings. The van der Waals surface area contributed by atoms with Crippen molar-refractivity contribution in [2.24, 2.45) is 0 Å². The van der Waals surface area contributed by atoms with Crippen LogP contribution in [0.15, 0.2) is 91.0 Å². The Morgan fingerprint density at radius 3 is 2.00 bits per heavy atom. The molecule has 4 aromatic rings. The molecular formula is C58H78N10O8. The summed E-state index contributed by atoms with van der Waals surface area (Å²) in [5.74, 6) is 0.154. The number of nitrogens with zero attached hydrogens (tertiary/aromatic N) is 5. The Bertz CT molecular complexity index is 2540. The molecule has 4 aliphatic heterocycles. The monoisotopic (exact) mass is 1040 g/mol. The number of carbonyl (C=O) groups is 6. The van der Waals surface area contributed by atoms with Gasteiger partial charge in [0, 0.05) is 96.4 Å². The molecule has 8 rings (SSSR count). The average Bonchev–Trinajstić information content (AvgIpc) is 4.06. The second-order valence-corrected chi connectivity index (χ2v) is 21.2. The highest BCUT2D eigenvalue weighted by Crippen LogP contribution is 2.31. The highest BCUT2D eigenvalue weighted by atomic mass is 16.5. The summed E-state index contributed by atoms with van der Waals surface area (Å²) in [6.07, 6.45) is 12.6. The van der Waals surface area contributed by atoms with Crippen molar-refractivity contribution >= 4 is 47.1 Å². The van der Waals surface area contributed by atoms with Crippen molar-refractivity contribution < 1.29 is 38.6 Å². The molecule has 1 unspecified atom stereocenters. The van der Waals surface area contributed by atoms with E-state index < -0.39 is 23.6 Å². The minimum Gasteiger partial charge on any atom is -0.388 e. The normalized spacial score (nSPS) is 20.0. The quantitative estimate of drug-likeness (QED) is 0.0320. The maximum atomic E-state index is 13.7. The number of hydrogen-bond donors (Lipinski definition) is 6. The first-order valence-corrected chi connectivity index (χ1v) is 27.7. The fraction of sp³-hybridized carbons (Fsp3) is 0.534. The maximum Gasteiger partial charge on any atom is 0.320 e. The standard InChI is InChI=1S/C58H78N10O8/c1-76-37-36-65-39-47(44-16-10-8-11-17-44)50(40-65)61-57(74)62-51-38-49(64-68(51)46-18-12-9-13-19-46)55(72)59-41-58(75)30-34-67(35-31-58)54(71)21-15-7-5-3-2-4-6-14-20-53(70)66-32-28-43(29-33-66)42-22-24-45(25-23-42)60-48-26-27-52(69)63-56(48)73/h8-13,16-19,22-25,38,43,47-48,50,60,75H,2-7,14-15,20-21,26-37,39-41H2,1H3,(H,59,72)(H2,61,62,74)(H,63,69,73)/t47-,48?,50+/m0/s1. The molecule has 3 aromatic carbocycles. The lowest BCUT2D eigenvalue weighted by molar-refractivity contribution is -0.136. The summed E-state index contributed by atoms with van der Waals surface area (Å²) in [5, 5.41) is 30.7. The molecule has 18 nitrogen and oxygen atoms in total. The summed E-state index contributed by atoms with van der Waals surface area (Å²) in [5.41, 5.74) is 2.82. The van der Waals surface area contributed by atoms with E-state index in [0.29, 0.717) is 82.2 Å². The van der Waals surface area contributed by atoms with Crippen LogP contribution in [0.1, 0.15) is 136 Å². The van der Waals surface area contributed by atoms with Gasteiger partial charge in [-0.1, -0.05) is 99.2 Å². The Morgan fingerprint density at radius 1 is 0.750 bits per heavy atom. The Labute approximate surface area is 447 Å². The molecule has 3 atom stereocenters. The van der Waals surface area contributed by atoms with Crippen molar-refractivity contribution in [2.45, 2.75) is 132 Å². The second-order valence-electron chi connectivity index (χ2n) is 21.2. The summed E-state index contributed by atoms with van der Waals surface area (Å²) in [6, 6.07) is 28.2. The van der Waals surface area contributed by atoms with E-state index in [0.717, 1.165) is 102 Å². The highest BCUT2D eigenvalue weighted by molar-refractivity contribution is 6.01. The molecule has 0 saturated carbocycles. The van der Waals surface area contributed by atoms with E-state index >= 15 is 0 Å². The lowest BCUT2D eigenvalue weighted by Crippen LogP contribution is -2.52. The first kappa shape index (κ1) is 55.6. The van der Waals surface area contributed by atoms with Gasteiger partial charge in [-0.2, -0.15) is 5.10 Å². The SMILES string of the molecule is COCCN1C[C@@H](NC(=O)Nc2cc(C(=O)NCC3(O)CCN(C(=O)CCCCCCCCCCC(=O)N4CCC(c5ccc(NC6CCC(=O)NC6=O)cc5)CC4)CC3)nn2-c2ccccc2)[C@H](c2ccccc2)C1. The van der Waals surface area contributed by atoms with Gasteiger partial charge in [0.15, 0.2) is 5.69 Å². The third kappa shape index (κ3) is 15.7. The average molecular weight is 1040 g/mol. The summed E-state index contributed by atoms with van der Waals surface area (Å²) in [4.78, 5) is 83.0. The number of anilines is 2. The van der Waals surface area contributed by atoms with Crippen LogP contribution in [0, 0.1) is 0 Å². The minimum absolute atomic E-state index is 0.00107.